The molecule has 1 saturated heterocycles. The summed E-state index contributed by atoms with van der Waals surface area (Å²) < 4.78 is 55.4. The first-order valence-corrected chi connectivity index (χ1v) is 12.7. The van der Waals surface area contributed by atoms with Gasteiger partial charge in [-0.3, -0.25) is 9.29 Å². The average Bonchev–Trinajstić information content (AvgIpc) is 3.08. The number of likely N-dealkylation sites (tertiary alicyclic amines) is 1. The van der Waals surface area contributed by atoms with Crippen LogP contribution in [0.15, 0.2) is 60.2 Å². The minimum Gasteiger partial charge on any atom is -0.478 e. The Hall–Kier alpha value is -3.71. The lowest BCUT2D eigenvalue weighted by molar-refractivity contribution is 0.0696. The van der Waals surface area contributed by atoms with Gasteiger partial charge in [0.05, 0.1) is 12.2 Å². The number of aromatic carboxylic acids is 1. The van der Waals surface area contributed by atoms with Gasteiger partial charge in [0.1, 0.15) is 0 Å². The van der Waals surface area contributed by atoms with E-state index in [4.69, 9.17) is 0 Å². The van der Waals surface area contributed by atoms with Crippen LogP contribution >= 0.6 is 0 Å². The zero-order valence-electron chi connectivity index (χ0n) is 20.7. The summed E-state index contributed by atoms with van der Waals surface area (Å²) in [5, 5.41) is 9.49. The summed E-state index contributed by atoms with van der Waals surface area (Å²) in [4.78, 5) is 13.8. The molecule has 0 unspecified atom stereocenters. The number of carboxylic acid groups (broad SMARTS) is 1. The third kappa shape index (κ3) is 5.16. The molecule has 1 aliphatic carbocycles. The topological polar surface area (TPSA) is 40.5 Å². The van der Waals surface area contributed by atoms with E-state index < -0.39 is 23.4 Å². The van der Waals surface area contributed by atoms with Crippen LogP contribution in [0.25, 0.3) is 17.2 Å². The normalized spacial score (nSPS) is 15.6. The van der Waals surface area contributed by atoms with Crippen molar-refractivity contribution in [1.29, 1.82) is 0 Å². The van der Waals surface area contributed by atoms with E-state index in [0.29, 0.717) is 36.8 Å². The second-order valence-corrected chi connectivity index (χ2v) is 9.78. The first kappa shape index (κ1) is 25.9. The molecule has 1 heterocycles. The number of alkyl halides is 1. The number of aryl methyl sites for hydroxylation is 1. The molecule has 2 aliphatic rings. The highest BCUT2D eigenvalue weighted by molar-refractivity contribution is 6.01. The zero-order valence-corrected chi connectivity index (χ0v) is 20.7. The van der Waals surface area contributed by atoms with Crippen molar-refractivity contribution < 1.29 is 27.5 Å². The highest BCUT2D eigenvalue weighted by atomic mass is 19.2. The van der Waals surface area contributed by atoms with Crippen molar-refractivity contribution in [1.82, 2.24) is 4.90 Å². The second-order valence-electron chi connectivity index (χ2n) is 9.78. The molecule has 3 aromatic rings. The molecule has 196 valence electrons. The molecule has 1 fully saturated rings. The van der Waals surface area contributed by atoms with E-state index in [0.717, 1.165) is 48.0 Å². The number of allylic oxidation sites excluding steroid dienone is 1. The molecule has 0 atom stereocenters. The van der Waals surface area contributed by atoms with Crippen LogP contribution in [-0.2, 0) is 6.42 Å². The lowest BCUT2D eigenvalue weighted by atomic mass is 9.86. The fourth-order valence-corrected chi connectivity index (χ4v) is 5.32. The molecule has 0 saturated carbocycles. The van der Waals surface area contributed by atoms with Crippen LogP contribution in [0, 0.1) is 17.5 Å². The van der Waals surface area contributed by atoms with Gasteiger partial charge in [-0.05, 0) is 88.9 Å². The maximum absolute atomic E-state index is 15.0. The van der Waals surface area contributed by atoms with Crippen molar-refractivity contribution in [2.24, 2.45) is 0 Å². The predicted octanol–water partition coefficient (Wildman–Crippen LogP) is 7.16. The Morgan fingerprint density at radius 2 is 1.66 bits per heavy atom. The average molecular weight is 522 g/mol. The Morgan fingerprint density at radius 1 is 0.921 bits per heavy atom. The fraction of sp³-hybridized carbons (Fsp3) is 0.258. The van der Waals surface area contributed by atoms with Crippen LogP contribution < -0.4 is 0 Å². The second kappa shape index (κ2) is 11.0. The Labute approximate surface area is 218 Å². The molecule has 38 heavy (non-hydrogen) atoms. The van der Waals surface area contributed by atoms with Crippen LogP contribution in [0.4, 0.5) is 17.6 Å². The number of rotatable bonds is 7. The highest BCUT2D eigenvalue weighted by Crippen LogP contribution is 2.41. The first-order chi connectivity index (χ1) is 18.4. The molecular weight excluding hydrogens is 494 g/mol. The molecule has 7 heteroatoms. The van der Waals surface area contributed by atoms with Gasteiger partial charge in [-0.1, -0.05) is 36.4 Å². The van der Waals surface area contributed by atoms with Gasteiger partial charge in [-0.25, -0.2) is 18.0 Å². The number of fused-ring (bicyclic) bond motifs is 1. The minimum absolute atomic E-state index is 0.00287. The summed E-state index contributed by atoms with van der Waals surface area (Å²) in [6.07, 6.45) is 4.21. The zero-order chi connectivity index (χ0) is 26.8. The van der Waals surface area contributed by atoms with Crippen molar-refractivity contribution in [3.63, 3.8) is 0 Å². The summed E-state index contributed by atoms with van der Waals surface area (Å²) in [6.45, 7) is 2.05. The van der Waals surface area contributed by atoms with E-state index in [1.807, 2.05) is 24.3 Å². The molecular formula is C31H27F4NO2. The molecule has 0 aromatic heterocycles. The predicted molar refractivity (Wildman–Crippen MR) is 140 cm³/mol. The molecule has 0 spiro atoms. The lowest BCUT2D eigenvalue weighted by Crippen LogP contribution is -2.40. The van der Waals surface area contributed by atoms with E-state index >= 15 is 4.39 Å². The standard InChI is InChI=1S/C31H27F4NO2/c32-13-2-14-36-17-20(18-36)15-19-5-7-21(8-6-19)28-24-10-9-23(31(37)38)16-22(24)3-1-4-25(28)26-11-12-27(33)30(35)29(26)34/h5-12,15-16H,1-4,13-14,17-18H2,(H,37,38). The third-order valence-corrected chi connectivity index (χ3v) is 7.19. The SMILES string of the molecule is O=C(O)c1ccc2c(c1)CCCC(c1ccc(F)c(F)c1F)=C2c1ccc(C=C2CN(CCCF)C2)cc1. The molecule has 0 radical (unpaired) electrons. The van der Waals surface area contributed by atoms with Crippen molar-refractivity contribution in [3.05, 3.63) is 111 Å². The maximum Gasteiger partial charge on any atom is 0.335 e. The number of benzene rings is 3. The van der Waals surface area contributed by atoms with Crippen LogP contribution in [0.1, 0.15) is 57.4 Å². The Bertz CT molecular complexity index is 1430. The molecule has 0 bridgehead atoms. The Kier molecular flexibility index (Phi) is 7.47. The first-order valence-electron chi connectivity index (χ1n) is 12.7. The molecule has 1 aliphatic heterocycles. The summed E-state index contributed by atoms with van der Waals surface area (Å²) in [6, 6.07) is 14.8. The van der Waals surface area contributed by atoms with E-state index in [1.165, 1.54) is 17.7 Å². The van der Waals surface area contributed by atoms with Crippen LogP contribution in [0.5, 0.6) is 0 Å². The molecule has 0 amide bonds. The molecule has 3 aromatic carbocycles. The summed E-state index contributed by atoms with van der Waals surface area (Å²) >= 11 is 0. The van der Waals surface area contributed by atoms with E-state index in [-0.39, 0.29) is 17.8 Å². The third-order valence-electron chi connectivity index (χ3n) is 7.19. The molecule has 3 nitrogen and oxygen atoms in total. The van der Waals surface area contributed by atoms with Crippen LogP contribution in [0.2, 0.25) is 0 Å². The maximum atomic E-state index is 15.0. The van der Waals surface area contributed by atoms with Crippen molar-refractivity contribution in [3.8, 4) is 0 Å². The van der Waals surface area contributed by atoms with Crippen LogP contribution in [-0.4, -0.2) is 42.3 Å². The van der Waals surface area contributed by atoms with Crippen molar-refractivity contribution in [2.45, 2.75) is 25.7 Å². The molecule has 5 rings (SSSR count). The van der Waals surface area contributed by atoms with Gasteiger partial charge in [0.25, 0.3) is 0 Å². The number of nitrogens with zero attached hydrogens (tertiary/aromatic N) is 1. The quantitative estimate of drug-likeness (QED) is 0.265. The number of carboxylic acids is 1. The van der Waals surface area contributed by atoms with E-state index in [2.05, 4.69) is 11.0 Å². The van der Waals surface area contributed by atoms with Crippen molar-refractivity contribution >= 4 is 23.2 Å². The number of halogens is 4. The summed E-state index contributed by atoms with van der Waals surface area (Å²) in [5.41, 5.74) is 5.97. The largest absolute Gasteiger partial charge is 0.478 e. The fourth-order valence-electron chi connectivity index (χ4n) is 5.32. The Balaban J connectivity index is 1.57. The number of hydrogen-bond donors (Lipinski definition) is 1. The lowest BCUT2D eigenvalue weighted by Gasteiger charge is -2.33. The number of hydrogen-bond acceptors (Lipinski definition) is 2. The summed E-state index contributed by atoms with van der Waals surface area (Å²) in [7, 11) is 0. The van der Waals surface area contributed by atoms with E-state index in [9.17, 15) is 23.1 Å². The highest BCUT2D eigenvalue weighted by Gasteiger charge is 2.25. The minimum atomic E-state index is -1.51. The number of carbonyl (C=O) groups is 1. The van der Waals surface area contributed by atoms with Gasteiger partial charge >= 0.3 is 5.97 Å². The molecule has 1 N–H and O–H groups in total. The van der Waals surface area contributed by atoms with Gasteiger partial charge in [-0.15, -0.1) is 0 Å². The summed E-state index contributed by atoms with van der Waals surface area (Å²) in [5.74, 6) is -5.02. The van der Waals surface area contributed by atoms with E-state index in [1.54, 1.807) is 12.1 Å². The Morgan fingerprint density at radius 3 is 2.37 bits per heavy atom. The monoisotopic (exact) mass is 521 g/mol. The smallest absolute Gasteiger partial charge is 0.335 e. The van der Waals surface area contributed by atoms with Gasteiger partial charge in [0.2, 0.25) is 0 Å². The van der Waals surface area contributed by atoms with Gasteiger partial charge in [0, 0.05) is 25.2 Å². The van der Waals surface area contributed by atoms with Crippen LogP contribution in [0.3, 0.4) is 0 Å². The van der Waals surface area contributed by atoms with Gasteiger partial charge in [-0.2, -0.15) is 0 Å². The van der Waals surface area contributed by atoms with Gasteiger partial charge < -0.3 is 5.11 Å². The van der Waals surface area contributed by atoms with Gasteiger partial charge in [0.15, 0.2) is 17.5 Å². The van der Waals surface area contributed by atoms with Crippen molar-refractivity contribution in [2.75, 3.05) is 26.3 Å².